The molecule has 0 aliphatic carbocycles. The Bertz CT molecular complexity index is 141. The first-order valence-corrected chi connectivity index (χ1v) is 3.07. The third kappa shape index (κ3) is 4.23. The van der Waals surface area contributed by atoms with Crippen molar-refractivity contribution in [3.8, 4) is 0 Å². The van der Waals surface area contributed by atoms with Crippen molar-refractivity contribution < 1.29 is 9.90 Å². The molecule has 0 spiro atoms. The van der Waals surface area contributed by atoms with E-state index in [1.807, 2.05) is 0 Å². The highest BCUT2D eigenvalue weighted by atomic mass is 16.3. The molecule has 0 rings (SSSR count). The van der Waals surface area contributed by atoms with Crippen molar-refractivity contribution in [3.05, 3.63) is 12.2 Å². The number of rotatable bonds is 3. The number of carbonyl (C=O) groups is 1. The average Bonchev–Trinajstić information content (AvgIpc) is 1.82. The Labute approximate surface area is 61.0 Å². The van der Waals surface area contributed by atoms with E-state index >= 15 is 0 Å². The standard InChI is InChI=1S/C7H13NO2/c1-6(9)4-5-7(10)8(2)3/h4-5,7,10H,1-3H3/b5-4-. The van der Waals surface area contributed by atoms with Crippen LogP contribution < -0.4 is 0 Å². The summed E-state index contributed by atoms with van der Waals surface area (Å²) in [7, 11) is 3.46. The lowest BCUT2D eigenvalue weighted by atomic mass is 10.3. The molecule has 3 heteroatoms. The van der Waals surface area contributed by atoms with E-state index in [9.17, 15) is 4.79 Å². The second-order valence-corrected chi connectivity index (χ2v) is 2.35. The van der Waals surface area contributed by atoms with Gasteiger partial charge in [-0.2, -0.15) is 0 Å². The number of allylic oxidation sites excluding steroid dienone is 1. The number of likely N-dealkylation sites (N-methyl/N-ethyl adjacent to an activating group) is 1. The van der Waals surface area contributed by atoms with Crippen LogP contribution in [0.3, 0.4) is 0 Å². The summed E-state index contributed by atoms with van der Waals surface area (Å²) in [4.78, 5) is 12.0. The minimum atomic E-state index is -0.663. The summed E-state index contributed by atoms with van der Waals surface area (Å²) < 4.78 is 0. The predicted molar refractivity (Wildman–Crippen MR) is 39.5 cm³/mol. The second-order valence-electron chi connectivity index (χ2n) is 2.35. The van der Waals surface area contributed by atoms with Gasteiger partial charge in [0.1, 0.15) is 6.23 Å². The van der Waals surface area contributed by atoms with Gasteiger partial charge >= 0.3 is 0 Å². The summed E-state index contributed by atoms with van der Waals surface area (Å²) in [5, 5.41) is 9.06. The Morgan fingerprint density at radius 3 is 2.40 bits per heavy atom. The van der Waals surface area contributed by atoms with Gasteiger partial charge in [-0.1, -0.05) is 0 Å². The van der Waals surface area contributed by atoms with Crippen molar-refractivity contribution in [1.29, 1.82) is 0 Å². The first kappa shape index (κ1) is 9.33. The number of hydrogen-bond donors (Lipinski definition) is 1. The molecular weight excluding hydrogens is 130 g/mol. The third-order valence-electron chi connectivity index (χ3n) is 1.03. The summed E-state index contributed by atoms with van der Waals surface area (Å²) in [5.41, 5.74) is 0. The van der Waals surface area contributed by atoms with Gasteiger partial charge in [0.05, 0.1) is 0 Å². The zero-order valence-corrected chi connectivity index (χ0v) is 6.53. The van der Waals surface area contributed by atoms with Gasteiger partial charge in [-0.15, -0.1) is 0 Å². The highest BCUT2D eigenvalue weighted by Gasteiger charge is 1.99. The molecule has 0 radical (unpaired) electrons. The van der Waals surface area contributed by atoms with E-state index < -0.39 is 6.23 Å². The number of ketones is 1. The van der Waals surface area contributed by atoms with Crippen LogP contribution in [0.1, 0.15) is 6.92 Å². The Hall–Kier alpha value is -0.670. The van der Waals surface area contributed by atoms with Crippen LogP contribution >= 0.6 is 0 Å². The summed E-state index contributed by atoms with van der Waals surface area (Å²) in [6.07, 6.45) is 2.14. The third-order valence-corrected chi connectivity index (χ3v) is 1.03. The fourth-order valence-electron chi connectivity index (χ4n) is 0.394. The summed E-state index contributed by atoms with van der Waals surface area (Å²) >= 11 is 0. The van der Waals surface area contributed by atoms with Crippen molar-refractivity contribution >= 4 is 5.78 Å². The molecule has 1 N–H and O–H groups in total. The maximum Gasteiger partial charge on any atom is 0.152 e. The van der Waals surface area contributed by atoms with Crippen LogP contribution in [-0.4, -0.2) is 36.1 Å². The van der Waals surface area contributed by atoms with Crippen LogP contribution in [0.5, 0.6) is 0 Å². The van der Waals surface area contributed by atoms with Crippen LogP contribution in [0.25, 0.3) is 0 Å². The molecule has 0 aromatic rings. The van der Waals surface area contributed by atoms with Gasteiger partial charge in [0.25, 0.3) is 0 Å². The molecule has 0 aliphatic rings. The normalized spacial score (nSPS) is 14.5. The number of carbonyl (C=O) groups excluding carboxylic acids is 1. The highest BCUT2D eigenvalue weighted by molar-refractivity contribution is 5.87. The Morgan fingerprint density at radius 1 is 1.60 bits per heavy atom. The van der Waals surface area contributed by atoms with Crippen molar-refractivity contribution in [3.63, 3.8) is 0 Å². The predicted octanol–water partition coefficient (Wildman–Crippen LogP) is 0.0116. The van der Waals surface area contributed by atoms with Crippen molar-refractivity contribution in [2.24, 2.45) is 0 Å². The molecule has 0 heterocycles. The molecule has 0 aliphatic heterocycles. The van der Waals surface area contributed by atoms with Crippen LogP contribution in [0, 0.1) is 0 Å². The minimum Gasteiger partial charge on any atom is -0.375 e. The van der Waals surface area contributed by atoms with E-state index in [0.717, 1.165) is 0 Å². The molecule has 0 aromatic carbocycles. The topological polar surface area (TPSA) is 40.5 Å². The lowest BCUT2D eigenvalue weighted by Gasteiger charge is -2.13. The molecule has 1 atom stereocenters. The van der Waals surface area contributed by atoms with E-state index in [4.69, 9.17) is 5.11 Å². The molecule has 1 unspecified atom stereocenters. The summed E-state index contributed by atoms with van der Waals surface area (Å²) in [5.74, 6) is -0.0547. The molecule has 58 valence electrons. The summed E-state index contributed by atoms with van der Waals surface area (Å²) in [6, 6.07) is 0. The van der Waals surface area contributed by atoms with Crippen LogP contribution in [0.2, 0.25) is 0 Å². The lowest BCUT2D eigenvalue weighted by Crippen LogP contribution is -2.25. The molecule has 0 bridgehead atoms. The van der Waals surface area contributed by atoms with E-state index in [-0.39, 0.29) is 5.78 Å². The number of nitrogens with zero attached hydrogens (tertiary/aromatic N) is 1. The minimum absolute atomic E-state index is 0.0547. The molecule has 0 fully saturated rings. The van der Waals surface area contributed by atoms with E-state index in [1.165, 1.54) is 19.1 Å². The lowest BCUT2D eigenvalue weighted by molar-refractivity contribution is -0.112. The Morgan fingerprint density at radius 2 is 2.10 bits per heavy atom. The maximum absolute atomic E-state index is 10.4. The van der Waals surface area contributed by atoms with E-state index in [2.05, 4.69) is 0 Å². The summed E-state index contributed by atoms with van der Waals surface area (Å²) in [6.45, 7) is 1.44. The van der Waals surface area contributed by atoms with Gasteiger partial charge in [-0.05, 0) is 33.2 Å². The number of hydrogen-bond acceptors (Lipinski definition) is 3. The van der Waals surface area contributed by atoms with Crippen molar-refractivity contribution in [2.45, 2.75) is 13.2 Å². The fourth-order valence-corrected chi connectivity index (χ4v) is 0.394. The van der Waals surface area contributed by atoms with E-state index in [1.54, 1.807) is 19.0 Å². The fraction of sp³-hybridized carbons (Fsp3) is 0.571. The zero-order chi connectivity index (χ0) is 8.15. The smallest absolute Gasteiger partial charge is 0.152 e. The first-order chi connectivity index (χ1) is 4.54. The van der Waals surface area contributed by atoms with Gasteiger partial charge < -0.3 is 5.11 Å². The van der Waals surface area contributed by atoms with Gasteiger partial charge in [0.2, 0.25) is 0 Å². The zero-order valence-electron chi connectivity index (χ0n) is 6.53. The second kappa shape index (κ2) is 4.19. The first-order valence-electron chi connectivity index (χ1n) is 3.07. The highest BCUT2D eigenvalue weighted by Crippen LogP contribution is 1.89. The largest absolute Gasteiger partial charge is 0.375 e. The van der Waals surface area contributed by atoms with Crippen LogP contribution in [0.4, 0.5) is 0 Å². The number of aliphatic hydroxyl groups is 1. The molecular formula is C7H13NO2. The SMILES string of the molecule is CC(=O)/C=C\C(O)N(C)C. The van der Waals surface area contributed by atoms with Gasteiger partial charge in [-0.3, -0.25) is 9.69 Å². The quantitative estimate of drug-likeness (QED) is 0.447. The molecule has 3 nitrogen and oxygen atoms in total. The van der Waals surface area contributed by atoms with E-state index in [0.29, 0.717) is 0 Å². The average molecular weight is 143 g/mol. The van der Waals surface area contributed by atoms with Crippen molar-refractivity contribution in [1.82, 2.24) is 4.90 Å². The van der Waals surface area contributed by atoms with Gasteiger partial charge in [-0.25, -0.2) is 0 Å². The number of aliphatic hydroxyl groups excluding tert-OH is 1. The Kier molecular flexibility index (Phi) is 3.91. The molecule has 0 saturated heterocycles. The molecule has 0 amide bonds. The molecule has 0 saturated carbocycles. The van der Waals surface area contributed by atoms with Gasteiger partial charge in [0.15, 0.2) is 5.78 Å². The monoisotopic (exact) mass is 143 g/mol. The van der Waals surface area contributed by atoms with Crippen LogP contribution in [-0.2, 0) is 4.79 Å². The molecule has 10 heavy (non-hydrogen) atoms. The molecule has 0 aromatic heterocycles. The van der Waals surface area contributed by atoms with Crippen LogP contribution in [0.15, 0.2) is 12.2 Å². The Balaban J connectivity index is 3.77. The van der Waals surface area contributed by atoms with Gasteiger partial charge in [0, 0.05) is 0 Å². The maximum atomic E-state index is 10.4. The van der Waals surface area contributed by atoms with Crippen molar-refractivity contribution in [2.75, 3.05) is 14.1 Å².